The Hall–Kier alpha value is -1.86. The summed E-state index contributed by atoms with van der Waals surface area (Å²) in [4.78, 5) is 24.7. The zero-order valence-electron chi connectivity index (χ0n) is 13.1. The molecule has 23 heavy (non-hydrogen) atoms. The molecule has 8 heteroatoms. The van der Waals surface area contributed by atoms with E-state index in [0.29, 0.717) is 24.7 Å². The van der Waals surface area contributed by atoms with Gasteiger partial charge in [-0.2, -0.15) is 0 Å². The highest BCUT2D eigenvalue weighted by molar-refractivity contribution is 5.85. The second kappa shape index (κ2) is 8.69. The number of benzene rings is 1. The number of amides is 1. The van der Waals surface area contributed by atoms with Crippen molar-refractivity contribution in [2.45, 2.75) is 25.8 Å². The predicted octanol–water partition coefficient (Wildman–Crippen LogP) is 2.01. The standard InChI is InChI=1S/C15H22N4O3.ClH/c1-11-6-7-18(12(8-11)9-16)15(20)10-17-13-4-2-3-5-14(13)19(21)22;/h2-5,11-12,17H,6-10,16H2,1H3;1H. The molecule has 2 unspecified atom stereocenters. The van der Waals surface area contributed by atoms with E-state index in [9.17, 15) is 14.9 Å². The van der Waals surface area contributed by atoms with Crippen molar-refractivity contribution in [2.75, 3.05) is 25.0 Å². The fraction of sp³-hybridized carbons (Fsp3) is 0.533. The molecule has 1 saturated heterocycles. The van der Waals surface area contributed by atoms with Crippen molar-refractivity contribution >= 4 is 29.7 Å². The van der Waals surface area contributed by atoms with Crippen LogP contribution >= 0.6 is 12.4 Å². The smallest absolute Gasteiger partial charge is 0.292 e. The Balaban J connectivity index is 0.00000264. The van der Waals surface area contributed by atoms with Gasteiger partial charge in [0, 0.05) is 25.2 Å². The highest BCUT2D eigenvalue weighted by Gasteiger charge is 2.28. The SMILES string of the molecule is CC1CCN(C(=O)CNc2ccccc2[N+](=O)[O-])C(CN)C1.Cl. The summed E-state index contributed by atoms with van der Waals surface area (Å²) >= 11 is 0. The molecule has 128 valence electrons. The van der Waals surface area contributed by atoms with Gasteiger partial charge in [0.05, 0.1) is 11.5 Å². The number of rotatable bonds is 5. The molecule has 0 radical (unpaired) electrons. The molecular formula is C15H23ClN4O3. The number of hydrogen-bond donors (Lipinski definition) is 2. The van der Waals surface area contributed by atoms with Gasteiger partial charge in [0.15, 0.2) is 0 Å². The molecule has 1 aromatic carbocycles. The summed E-state index contributed by atoms with van der Waals surface area (Å²) in [5.74, 6) is 0.501. The summed E-state index contributed by atoms with van der Waals surface area (Å²) in [5, 5.41) is 13.8. The summed E-state index contributed by atoms with van der Waals surface area (Å²) in [6.45, 7) is 3.34. The van der Waals surface area contributed by atoms with Crippen molar-refractivity contribution in [3.8, 4) is 0 Å². The van der Waals surface area contributed by atoms with E-state index in [4.69, 9.17) is 5.73 Å². The Labute approximate surface area is 141 Å². The summed E-state index contributed by atoms with van der Waals surface area (Å²) in [7, 11) is 0. The Morgan fingerprint density at radius 1 is 1.48 bits per heavy atom. The molecule has 7 nitrogen and oxygen atoms in total. The zero-order valence-corrected chi connectivity index (χ0v) is 13.9. The van der Waals surface area contributed by atoms with Gasteiger partial charge in [-0.05, 0) is 24.8 Å². The lowest BCUT2D eigenvalue weighted by atomic mass is 9.92. The minimum Gasteiger partial charge on any atom is -0.371 e. The molecule has 0 aromatic heterocycles. The highest BCUT2D eigenvalue weighted by Crippen LogP contribution is 2.24. The average molecular weight is 343 g/mol. The number of halogens is 1. The van der Waals surface area contributed by atoms with E-state index in [2.05, 4.69) is 12.2 Å². The number of anilines is 1. The van der Waals surface area contributed by atoms with Crippen LogP contribution in [0.15, 0.2) is 24.3 Å². The molecule has 1 fully saturated rings. The Bertz CT molecular complexity index is 555. The molecule has 2 atom stereocenters. The van der Waals surface area contributed by atoms with Crippen molar-refractivity contribution in [2.24, 2.45) is 11.7 Å². The lowest BCUT2D eigenvalue weighted by Gasteiger charge is -2.38. The van der Waals surface area contributed by atoms with Gasteiger partial charge < -0.3 is 16.0 Å². The highest BCUT2D eigenvalue weighted by atomic mass is 35.5. The summed E-state index contributed by atoms with van der Waals surface area (Å²) in [6, 6.07) is 6.37. The first-order valence-corrected chi connectivity index (χ1v) is 7.49. The van der Waals surface area contributed by atoms with Gasteiger partial charge in [-0.15, -0.1) is 12.4 Å². The summed E-state index contributed by atoms with van der Waals surface area (Å²) < 4.78 is 0. The fourth-order valence-electron chi connectivity index (χ4n) is 2.86. The maximum Gasteiger partial charge on any atom is 0.292 e. The van der Waals surface area contributed by atoms with E-state index in [1.54, 1.807) is 23.1 Å². The van der Waals surface area contributed by atoms with Crippen LogP contribution in [0.5, 0.6) is 0 Å². The number of hydrogen-bond acceptors (Lipinski definition) is 5. The van der Waals surface area contributed by atoms with E-state index in [-0.39, 0.29) is 36.6 Å². The van der Waals surface area contributed by atoms with E-state index < -0.39 is 4.92 Å². The number of para-hydroxylation sites is 2. The number of nitrogens with zero attached hydrogens (tertiary/aromatic N) is 2. The van der Waals surface area contributed by atoms with Gasteiger partial charge in [0.2, 0.25) is 5.91 Å². The largest absolute Gasteiger partial charge is 0.371 e. The van der Waals surface area contributed by atoms with Crippen LogP contribution in [-0.2, 0) is 4.79 Å². The third kappa shape index (κ3) is 4.80. The van der Waals surface area contributed by atoms with Crippen LogP contribution in [0.1, 0.15) is 19.8 Å². The molecule has 0 spiro atoms. The molecular weight excluding hydrogens is 320 g/mol. The van der Waals surface area contributed by atoms with Gasteiger partial charge in [-0.3, -0.25) is 14.9 Å². The second-order valence-corrected chi connectivity index (χ2v) is 5.73. The first-order valence-electron chi connectivity index (χ1n) is 7.49. The molecule has 1 heterocycles. The van der Waals surface area contributed by atoms with Crippen LogP contribution in [0, 0.1) is 16.0 Å². The van der Waals surface area contributed by atoms with Crippen LogP contribution in [0.25, 0.3) is 0 Å². The van der Waals surface area contributed by atoms with Crippen LogP contribution < -0.4 is 11.1 Å². The average Bonchev–Trinajstić information content (AvgIpc) is 2.52. The molecule has 0 bridgehead atoms. The minimum absolute atomic E-state index is 0. The number of piperidine rings is 1. The molecule has 2 rings (SSSR count). The van der Waals surface area contributed by atoms with Crippen molar-refractivity contribution in [1.29, 1.82) is 0 Å². The summed E-state index contributed by atoms with van der Waals surface area (Å²) in [5.41, 5.74) is 6.09. The monoisotopic (exact) mass is 342 g/mol. The molecule has 1 aromatic rings. The number of carbonyl (C=O) groups excluding carboxylic acids is 1. The van der Waals surface area contributed by atoms with Gasteiger partial charge in [-0.25, -0.2) is 0 Å². The van der Waals surface area contributed by atoms with Gasteiger partial charge in [-0.1, -0.05) is 19.1 Å². The van der Waals surface area contributed by atoms with E-state index in [1.165, 1.54) is 6.07 Å². The lowest BCUT2D eigenvalue weighted by molar-refractivity contribution is -0.383. The minimum atomic E-state index is -0.460. The Kier molecular flexibility index (Phi) is 7.25. The number of nitrogens with two attached hydrogens (primary N) is 1. The number of nitro groups is 1. The second-order valence-electron chi connectivity index (χ2n) is 5.73. The van der Waals surface area contributed by atoms with Crippen LogP contribution in [0.3, 0.4) is 0 Å². The molecule has 3 N–H and O–H groups in total. The maximum atomic E-state index is 12.4. The van der Waals surface area contributed by atoms with E-state index in [0.717, 1.165) is 12.8 Å². The van der Waals surface area contributed by atoms with Crippen molar-refractivity contribution in [3.05, 3.63) is 34.4 Å². The van der Waals surface area contributed by atoms with Crippen LogP contribution in [0.4, 0.5) is 11.4 Å². The first kappa shape index (κ1) is 19.2. The molecule has 1 amide bonds. The summed E-state index contributed by atoms with van der Waals surface area (Å²) in [6.07, 6.45) is 1.88. The quantitative estimate of drug-likeness (QED) is 0.629. The van der Waals surface area contributed by atoms with Crippen molar-refractivity contribution < 1.29 is 9.72 Å². The molecule has 0 aliphatic carbocycles. The zero-order chi connectivity index (χ0) is 16.1. The van der Waals surface area contributed by atoms with E-state index >= 15 is 0 Å². The number of nitro benzene ring substituents is 1. The topological polar surface area (TPSA) is 102 Å². The van der Waals surface area contributed by atoms with Gasteiger partial charge >= 0.3 is 0 Å². The normalized spacial score (nSPS) is 20.5. The van der Waals surface area contributed by atoms with Gasteiger partial charge in [0.1, 0.15) is 5.69 Å². The lowest BCUT2D eigenvalue weighted by Crippen LogP contribution is -2.50. The first-order chi connectivity index (χ1) is 10.5. The van der Waals surface area contributed by atoms with Crippen LogP contribution in [0.2, 0.25) is 0 Å². The Morgan fingerprint density at radius 2 is 2.17 bits per heavy atom. The number of likely N-dealkylation sites (tertiary alicyclic amines) is 1. The molecule has 1 aliphatic rings. The Morgan fingerprint density at radius 3 is 2.83 bits per heavy atom. The fourth-order valence-corrected chi connectivity index (χ4v) is 2.86. The van der Waals surface area contributed by atoms with Gasteiger partial charge in [0.25, 0.3) is 5.69 Å². The maximum absolute atomic E-state index is 12.4. The number of carbonyl (C=O) groups is 1. The van der Waals surface area contributed by atoms with Crippen molar-refractivity contribution in [3.63, 3.8) is 0 Å². The third-order valence-electron chi connectivity index (χ3n) is 4.10. The predicted molar refractivity (Wildman–Crippen MR) is 91.8 cm³/mol. The third-order valence-corrected chi connectivity index (χ3v) is 4.10. The number of nitrogens with one attached hydrogen (secondary N) is 1. The van der Waals surface area contributed by atoms with Crippen molar-refractivity contribution in [1.82, 2.24) is 4.90 Å². The molecule has 1 aliphatic heterocycles. The molecule has 0 saturated carbocycles. The van der Waals surface area contributed by atoms with Crippen LogP contribution in [-0.4, -0.2) is 41.4 Å². The van der Waals surface area contributed by atoms with E-state index in [1.807, 2.05) is 0 Å².